The van der Waals surface area contributed by atoms with Crippen LogP contribution in [0.3, 0.4) is 0 Å². The van der Waals surface area contributed by atoms with E-state index >= 15 is 0 Å². The molecular formula is C27H30N4O2. The molecule has 0 saturated heterocycles. The van der Waals surface area contributed by atoms with Crippen LogP contribution in [0.1, 0.15) is 49.2 Å². The largest absolute Gasteiger partial charge is 0.348 e. The number of fused-ring (bicyclic) bond motifs is 3. The second-order valence-corrected chi connectivity index (χ2v) is 9.55. The van der Waals surface area contributed by atoms with Crippen LogP contribution in [0, 0.1) is 18.8 Å². The van der Waals surface area contributed by atoms with E-state index in [4.69, 9.17) is 0 Å². The van der Waals surface area contributed by atoms with Crippen molar-refractivity contribution in [1.29, 1.82) is 0 Å². The maximum atomic E-state index is 13.7. The van der Waals surface area contributed by atoms with Gasteiger partial charge in [-0.15, -0.1) is 0 Å². The number of rotatable bonds is 3. The van der Waals surface area contributed by atoms with Gasteiger partial charge in [0.2, 0.25) is 0 Å². The van der Waals surface area contributed by atoms with Gasteiger partial charge in [-0.2, -0.15) is 9.78 Å². The van der Waals surface area contributed by atoms with Crippen molar-refractivity contribution in [2.45, 2.75) is 46.1 Å². The second-order valence-electron chi connectivity index (χ2n) is 9.55. The highest BCUT2D eigenvalue weighted by Gasteiger charge is 2.30. The number of benzene rings is 2. The number of nitrogens with zero attached hydrogens (tertiary/aromatic N) is 3. The third-order valence-corrected chi connectivity index (χ3v) is 7.46. The molecule has 1 aliphatic rings. The Hall–Kier alpha value is -3.41. The number of para-hydroxylation sites is 1. The Kier molecular flexibility index (Phi) is 5.31. The summed E-state index contributed by atoms with van der Waals surface area (Å²) in [6.07, 6.45) is 3.27. The summed E-state index contributed by atoms with van der Waals surface area (Å²) in [6, 6.07) is 15.5. The van der Waals surface area contributed by atoms with E-state index in [-0.39, 0.29) is 17.5 Å². The fraction of sp³-hybridized carbons (Fsp3) is 0.370. The molecule has 0 spiro atoms. The Morgan fingerprint density at radius 3 is 2.55 bits per heavy atom. The second kappa shape index (κ2) is 8.18. The highest BCUT2D eigenvalue weighted by Crippen LogP contribution is 2.31. The van der Waals surface area contributed by atoms with Crippen LogP contribution in [0.15, 0.2) is 53.3 Å². The minimum absolute atomic E-state index is 0.104. The Morgan fingerprint density at radius 2 is 1.79 bits per heavy atom. The lowest BCUT2D eigenvalue weighted by Gasteiger charge is -2.34. The molecule has 33 heavy (non-hydrogen) atoms. The fourth-order valence-corrected chi connectivity index (χ4v) is 5.22. The SMILES string of the molecule is Cc1ccc(-n2nc(C(=O)NC3CCCC(C)C3C)c3c4ccccc4n(C)c3c2=O)cc1. The average Bonchev–Trinajstić information content (AvgIpc) is 3.11. The molecule has 6 nitrogen and oxygen atoms in total. The van der Waals surface area contributed by atoms with E-state index in [9.17, 15) is 9.59 Å². The number of aryl methyl sites for hydroxylation is 2. The van der Waals surface area contributed by atoms with Gasteiger partial charge >= 0.3 is 0 Å². The van der Waals surface area contributed by atoms with Gasteiger partial charge in [0.1, 0.15) is 5.52 Å². The lowest BCUT2D eigenvalue weighted by molar-refractivity contribution is 0.0886. The molecule has 2 heterocycles. The Morgan fingerprint density at radius 1 is 1.06 bits per heavy atom. The molecule has 2 aromatic carbocycles. The van der Waals surface area contributed by atoms with Gasteiger partial charge < -0.3 is 9.88 Å². The van der Waals surface area contributed by atoms with Crippen molar-refractivity contribution in [2.24, 2.45) is 18.9 Å². The zero-order chi connectivity index (χ0) is 23.3. The average molecular weight is 443 g/mol. The molecule has 1 amide bonds. The summed E-state index contributed by atoms with van der Waals surface area (Å²) in [4.78, 5) is 27.3. The van der Waals surface area contributed by atoms with Crippen LogP contribution in [0.4, 0.5) is 0 Å². The van der Waals surface area contributed by atoms with Crippen molar-refractivity contribution >= 4 is 27.7 Å². The fourth-order valence-electron chi connectivity index (χ4n) is 5.22. The van der Waals surface area contributed by atoms with E-state index in [0.29, 0.717) is 34.1 Å². The molecule has 5 rings (SSSR count). The first-order chi connectivity index (χ1) is 15.9. The predicted molar refractivity (Wildman–Crippen MR) is 132 cm³/mol. The summed E-state index contributed by atoms with van der Waals surface area (Å²) in [5, 5.41) is 9.40. The smallest absolute Gasteiger partial charge is 0.296 e. The number of carbonyl (C=O) groups excluding carboxylic acids is 1. The molecule has 0 bridgehead atoms. The van der Waals surface area contributed by atoms with Gasteiger partial charge in [0.05, 0.1) is 5.69 Å². The number of aromatic nitrogens is 3. The molecule has 6 heteroatoms. The highest BCUT2D eigenvalue weighted by atomic mass is 16.2. The predicted octanol–water partition coefficient (Wildman–Crippen LogP) is 4.74. The minimum Gasteiger partial charge on any atom is -0.348 e. The standard InChI is InChI=1S/C27H30N4O2/c1-16-12-14-19(15-13-16)31-27(33)25-23(20-9-5-6-11-22(20)30(25)4)24(29-31)26(32)28-21-10-7-8-17(2)18(21)3/h5-6,9,11-15,17-18,21H,7-8,10H2,1-4H3,(H,28,32). The van der Waals surface area contributed by atoms with Crippen molar-refractivity contribution in [3.05, 3.63) is 70.1 Å². The minimum atomic E-state index is -0.233. The number of carbonyl (C=O) groups is 1. The van der Waals surface area contributed by atoms with Gasteiger partial charge in [0.25, 0.3) is 11.5 Å². The quantitative estimate of drug-likeness (QED) is 0.498. The summed E-state index contributed by atoms with van der Waals surface area (Å²) in [6.45, 7) is 6.46. The first-order valence-electron chi connectivity index (χ1n) is 11.7. The Labute approximate surface area is 193 Å². The van der Waals surface area contributed by atoms with Crippen molar-refractivity contribution < 1.29 is 4.79 Å². The normalized spacial score (nSPS) is 20.9. The summed E-state index contributed by atoms with van der Waals surface area (Å²) >= 11 is 0. The Balaban J connectivity index is 1.73. The molecule has 0 radical (unpaired) electrons. The van der Waals surface area contributed by atoms with E-state index in [1.807, 2.05) is 67.1 Å². The van der Waals surface area contributed by atoms with Gasteiger partial charge in [-0.3, -0.25) is 9.59 Å². The number of nitrogens with one attached hydrogen (secondary N) is 1. The van der Waals surface area contributed by atoms with Crippen molar-refractivity contribution in [3.63, 3.8) is 0 Å². The van der Waals surface area contributed by atoms with Crippen LogP contribution in [0.25, 0.3) is 27.5 Å². The van der Waals surface area contributed by atoms with E-state index in [0.717, 1.165) is 29.3 Å². The summed E-state index contributed by atoms with van der Waals surface area (Å²) in [5.74, 6) is 0.743. The topological polar surface area (TPSA) is 68.9 Å². The molecule has 4 aromatic rings. The lowest BCUT2D eigenvalue weighted by atomic mass is 9.78. The van der Waals surface area contributed by atoms with Crippen LogP contribution < -0.4 is 10.9 Å². The van der Waals surface area contributed by atoms with Gasteiger partial charge in [-0.25, -0.2) is 0 Å². The molecular weight excluding hydrogens is 412 g/mol. The molecule has 1 aliphatic carbocycles. The molecule has 3 unspecified atom stereocenters. The monoisotopic (exact) mass is 442 g/mol. The van der Waals surface area contributed by atoms with E-state index in [1.54, 1.807) is 0 Å². The zero-order valence-corrected chi connectivity index (χ0v) is 19.6. The van der Waals surface area contributed by atoms with Crippen LogP contribution in [-0.2, 0) is 7.05 Å². The summed E-state index contributed by atoms with van der Waals surface area (Å²) in [5.41, 5.74) is 3.20. The van der Waals surface area contributed by atoms with Crippen molar-refractivity contribution in [1.82, 2.24) is 19.7 Å². The third-order valence-electron chi connectivity index (χ3n) is 7.46. The number of amides is 1. The highest BCUT2D eigenvalue weighted by molar-refractivity contribution is 6.16. The van der Waals surface area contributed by atoms with Gasteiger partial charge in [0.15, 0.2) is 5.69 Å². The Bertz CT molecular complexity index is 1410. The van der Waals surface area contributed by atoms with E-state index < -0.39 is 0 Å². The van der Waals surface area contributed by atoms with Crippen LogP contribution in [-0.4, -0.2) is 26.3 Å². The maximum Gasteiger partial charge on any atom is 0.296 e. The van der Waals surface area contributed by atoms with Gasteiger partial charge in [0, 0.05) is 29.4 Å². The number of hydrogen-bond acceptors (Lipinski definition) is 3. The van der Waals surface area contributed by atoms with Crippen LogP contribution in [0.5, 0.6) is 0 Å². The lowest BCUT2D eigenvalue weighted by Crippen LogP contribution is -2.44. The zero-order valence-electron chi connectivity index (χ0n) is 19.6. The van der Waals surface area contributed by atoms with Crippen molar-refractivity contribution in [2.75, 3.05) is 0 Å². The molecule has 2 aromatic heterocycles. The number of hydrogen-bond donors (Lipinski definition) is 1. The van der Waals surface area contributed by atoms with Gasteiger partial charge in [-0.05, 0) is 43.4 Å². The molecule has 1 saturated carbocycles. The van der Waals surface area contributed by atoms with Crippen LogP contribution in [0.2, 0.25) is 0 Å². The molecule has 1 N–H and O–H groups in total. The molecule has 0 aliphatic heterocycles. The maximum absolute atomic E-state index is 13.7. The summed E-state index contributed by atoms with van der Waals surface area (Å²) in [7, 11) is 1.87. The van der Waals surface area contributed by atoms with E-state index in [2.05, 4.69) is 24.3 Å². The molecule has 3 atom stereocenters. The first-order valence-corrected chi connectivity index (χ1v) is 11.7. The van der Waals surface area contributed by atoms with Crippen molar-refractivity contribution in [3.8, 4) is 5.69 Å². The van der Waals surface area contributed by atoms with E-state index in [1.165, 1.54) is 11.1 Å². The third kappa shape index (κ3) is 3.54. The van der Waals surface area contributed by atoms with Crippen LogP contribution >= 0.6 is 0 Å². The van der Waals surface area contributed by atoms with Gasteiger partial charge in [-0.1, -0.05) is 62.6 Å². The summed E-state index contributed by atoms with van der Waals surface area (Å²) < 4.78 is 3.24. The first kappa shape index (κ1) is 21.4. The molecule has 170 valence electrons. The molecule has 1 fully saturated rings.